The Labute approximate surface area is 146 Å². The Kier molecular flexibility index (Phi) is 6.04. The van der Waals surface area contributed by atoms with E-state index in [4.69, 9.17) is 39.5 Å². The van der Waals surface area contributed by atoms with Crippen LogP contribution in [0.2, 0.25) is 15.2 Å². The summed E-state index contributed by atoms with van der Waals surface area (Å²) in [5, 5.41) is 15.0. The lowest BCUT2D eigenvalue weighted by Gasteiger charge is -2.09. The number of halogens is 3. The lowest BCUT2D eigenvalue weighted by atomic mass is 10.2. The number of ether oxygens (including phenoxy) is 1. The molecule has 0 unspecified atom stereocenters. The molecule has 1 heterocycles. The zero-order chi connectivity index (χ0) is 16.8. The maximum Gasteiger partial charge on any atom is 0.166 e. The van der Waals surface area contributed by atoms with Crippen molar-refractivity contribution in [2.45, 2.75) is 0 Å². The summed E-state index contributed by atoms with van der Waals surface area (Å²) in [6.45, 7) is -0.557. The molecular formula is C14H9Cl3N3O3-. The monoisotopic (exact) mass is 372 g/mol. The molecule has 9 heteroatoms. The summed E-state index contributed by atoms with van der Waals surface area (Å²) >= 11 is 17.5. The number of benzene rings is 1. The van der Waals surface area contributed by atoms with E-state index in [1.807, 2.05) is 0 Å². The Hall–Kier alpha value is -2.02. The van der Waals surface area contributed by atoms with Crippen LogP contribution in [0.3, 0.4) is 0 Å². The molecule has 0 radical (unpaired) electrons. The highest BCUT2D eigenvalue weighted by molar-refractivity contribution is 6.42. The molecule has 1 aromatic heterocycles. The number of para-hydroxylation sites is 1. The highest BCUT2D eigenvalue weighted by atomic mass is 35.5. The standard InChI is InChI=1S/C14H10Cl3N3O3/c15-9-5-10(16)14(19-13(9)17)20-18-6-8-3-1-2-4-11(8)23-7-12(21)22/h1-6H,7H2,(H,19,20)(H,21,22)/p-1/b18-6-. The van der Waals surface area contributed by atoms with E-state index in [9.17, 15) is 9.90 Å². The first-order valence-corrected chi connectivity index (χ1v) is 7.33. The average Bonchev–Trinajstić information content (AvgIpc) is 2.51. The molecular weight excluding hydrogens is 365 g/mol. The molecule has 2 rings (SSSR count). The Morgan fingerprint density at radius 2 is 2.04 bits per heavy atom. The normalized spacial score (nSPS) is 10.7. The van der Waals surface area contributed by atoms with Crippen LogP contribution in [-0.4, -0.2) is 23.8 Å². The lowest BCUT2D eigenvalue weighted by molar-refractivity contribution is -0.307. The Balaban J connectivity index is 2.12. The third kappa shape index (κ3) is 4.99. The fourth-order valence-corrected chi connectivity index (χ4v) is 2.08. The summed E-state index contributed by atoms with van der Waals surface area (Å²) in [6, 6.07) is 8.19. The Bertz CT molecular complexity index is 753. The summed E-state index contributed by atoms with van der Waals surface area (Å²) in [5.74, 6) is -0.748. The van der Waals surface area contributed by atoms with Gasteiger partial charge in [0.25, 0.3) is 0 Å². The number of carboxylic acid groups (broad SMARTS) is 1. The van der Waals surface area contributed by atoms with E-state index in [0.717, 1.165) is 0 Å². The minimum Gasteiger partial charge on any atom is -0.546 e. The number of hydrogen-bond donors (Lipinski definition) is 1. The number of rotatable bonds is 6. The predicted octanol–water partition coefficient (Wildman–Crippen LogP) is 2.62. The number of carbonyl (C=O) groups is 1. The van der Waals surface area contributed by atoms with Gasteiger partial charge in [-0.25, -0.2) is 4.98 Å². The number of nitrogens with zero attached hydrogens (tertiary/aromatic N) is 2. The van der Waals surface area contributed by atoms with E-state index in [2.05, 4.69) is 15.5 Å². The molecule has 0 saturated heterocycles. The van der Waals surface area contributed by atoms with Crippen LogP contribution in [0.4, 0.5) is 5.82 Å². The highest BCUT2D eigenvalue weighted by Gasteiger charge is 2.07. The number of anilines is 1. The fourth-order valence-electron chi connectivity index (χ4n) is 1.54. The van der Waals surface area contributed by atoms with E-state index in [0.29, 0.717) is 11.3 Å². The van der Waals surface area contributed by atoms with Gasteiger partial charge in [0.15, 0.2) is 5.82 Å². The van der Waals surface area contributed by atoms with Crippen LogP contribution in [-0.2, 0) is 4.79 Å². The van der Waals surface area contributed by atoms with Gasteiger partial charge < -0.3 is 14.6 Å². The number of hydrogen-bond acceptors (Lipinski definition) is 6. The second-order valence-corrected chi connectivity index (χ2v) is 5.33. The number of aliphatic carboxylic acids is 1. The van der Waals surface area contributed by atoms with E-state index in [1.54, 1.807) is 24.3 Å². The van der Waals surface area contributed by atoms with Crippen LogP contribution in [0, 0.1) is 0 Å². The molecule has 2 aromatic rings. The Morgan fingerprint density at radius 3 is 2.78 bits per heavy atom. The summed E-state index contributed by atoms with van der Waals surface area (Å²) < 4.78 is 5.10. The summed E-state index contributed by atoms with van der Waals surface area (Å²) in [7, 11) is 0. The lowest BCUT2D eigenvalue weighted by Crippen LogP contribution is -2.29. The second kappa shape index (κ2) is 8.01. The van der Waals surface area contributed by atoms with Gasteiger partial charge in [-0.1, -0.05) is 46.9 Å². The quantitative estimate of drug-likeness (QED) is 0.478. The van der Waals surface area contributed by atoms with E-state index >= 15 is 0 Å². The van der Waals surface area contributed by atoms with Crippen molar-refractivity contribution in [1.29, 1.82) is 0 Å². The largest absolute Gasteiger partial charge is 0.546 e. The number of carboxylic acids is 1. The van der Waals surface area contributed by atoms with Crippen molar-refractivity contribution in [1.82, 2.24) is 4.98 Å². The van der Waals surface area contributed by atoms with Gasteiger partial charge in [0, 0.05) is 5.56 Å². The first kappa shape index (κ1) is 17.3. The van der Waals surface area contributed by atoms with Crippen molar-refractivity contribution < 1.29 is 14.6 Å². The van der Waals surface area contributed by atoms with E-state index < -0.39 is 12.6 Å². The number of aromatic nitrogens is 1. The van der Waals surface area contributed by atoms with Crippen LogP contribution in [0.15, 0.2) is 35.4 Å². The van der Waals surface area contributed by atoms with Gasteiger partial charge in [0.1, 0.15) is 17.5 Å². The molecule has 0 saturated carbocycles. The second-order valence-electron chi connectivity index (χ2n) is 4.16. The average molecular weight is 374 g/mol. The number of nitrogens with one attached hydrogen (secondary N) is 1. The van der Waals surface area contributed by atoms with Gasteiger partial charge in [-0.2, -0.15) is 5.10 Å². The van der Waals surface area contributed by atoms with Gasteiger partial charge in [0.2, 0.25) is 0 Å². The molecule has 0 aliphatic heterocycles. The minimum absolute atomic E-state index is 0.0893. The summed E-state index contributed by atoms with van der Waals surface area (Å²) in [5.41, 5.74) is 3.17. The Morgan fingerprint density at radius 1 is 1.30 bits per heavy atom. The fraction of sp³-hybridized carbons (Fsp3) is 0.0714. The van der Waals surface area contributed by atoms with E-state index in [-0.39, 0.29) is 21.0 Å². The van der Waals surface area contributed by atoms with Crippen molar-refractivity contribution >= 4 is 52.8 Å². The predicted molar refractivity (Wildman–Crippen MR) is 87.4 cm³/mol. The number of pyridine rings is 1. The number of carbonyl (C=O) groups excluding carboxylic acids is 1. The van der Waals surface area contributed by atoms with Gasteiger partial charge in [-0.3, -0.25) is 5.43 Å². The first-order valence-electron chi connectivity index (χ1n) is 6.19. The van der Waals surface area contributed by atoms with Crippen molar-refractivity contribution in [3.05, 3.63) is 51.1 Å². The molecule has 1 aromatic carbocycles. The first-order chi connectivity index (χ1) is 11.0. The summed E-state index contributed by atoms with van der Waals surface area (Å²) in [4.78, 5) is 14.4. The van der Waals surface area contributed by atoms with Crippen LogP contribution in [0.25, 0.3) is 0 Å². The van der Waals surface area contributed by atoms with Gasteiger partial charge in [-0.15, -0.1) is 0 Å². The molecule has 0 bridgehead atoms. The van der Waals surface area contributed by atoms with Crippen molar-refractivity contribution in [2.75, 3.05) is 12.0 Å². The molecule has 6 nitrogen and oxygen atoms in total. The zero-order valence-corrected chi connectivity index (χ0v) is 13.7. The van der Waals surface area contributed by atoms with Gasteiger partial charge >= 0.3 is 0 Å². The van der Waals surface area contributed by atoms with Crippen molar-refractivity contribution in [3.63, 3.8) is 0 Å². The van der Waals surface area contributed by atoms with Crippen LogP contribution >= 0.6 is 34.8 Å². The molecule has 0 amide bonds. The SMILES string of the molecule is O=C([O-])COc1ccccc1/C=N\Nc1nc(Cl)c(Cl)cc1Cl. The van der Waals surface area contributed by atoms with E-state index in [1.165, 1.54) is 12.3 Å². The van der Waals surface area contributed by atoms with Crippen LogP contribution < -0.4 is 15.3 Å². The molecule has 1 N–H and O–H groups in total. The van der Waals surface area contributed by atoms with Crippen LogP contribution in [0.1, 0.15) is 5.56 Å². The third-order valence-corrected chi connectivity index (χ3v) is 3.49. The van der Waals surface area contributed by atoms with Crippen molar-refractivity contribution in [3.8, 4) is 5.75 Å². The molecule has 120 valence electrons. The van der Waals surface area contributed by atoms with Crippen LogP contribution in [0.5, 0.6) is 5.75 Å². The maximum absolute atomic E-state index is 10.5. The molecule has 0 atom stereocenters. The third-order valence-electron chi connectivity index (χ3n) is 2.53. The molecule has 0 aliphatic rings. The van der Waals surface area contributed by atoms with Gasteiger partial charge in [0.05, 0.1) is 22.2 Å². The smallest absolute Gasteiger partial charge is 0.166 e. The minimum atomic E-state index is -1.32. The topological polar surface area (TPSA) is 86.6 Å². The zero-order valence-electron chi connectivity index (χ0n) is 11.4. The number of hydrazone groups is 1. The highest BCUT2D eigenvalue weighted by Crippen LogP contribution is 2.28. The molecule has 0 fully saturated rings. The van der Waals surface area contributed by atoms with Gasteiger partial charge in [-0.05, 0) is 18.2 Å². The maximum atomic E-state index is 10.5. The summed E-state index contributed by atoms with van der Waals surface area (Å²) in [6.07, 6.45) is 1.42. The molecule has 0 spiro atoms. The molecule has 23 heavy (non-hydrogen) atoms. The molecule has 0 aliphatic carbocycles. The van der Waals surface area contributed by atoms with Crippen molar-refractivity contribution in [2.24, 2.45) is 5.10 Å².